The summed E-state index contributed by atoms with van der Waals surface area (Å²) in [6.07, 6.45) is -0.400. The Balaban J connectivity index is 2.55. The van der Waals surface area contributed by atoms with Crippen LogP contribution < -0.4 is 5.32 Å². The van der Waals surface area contributed by atoms with Crippen LogP contribution >= 0.6 is 0 Å². The molecule has 6 nitrogen and oxygen atoms in total. The van der Waals surface area contributed by atoms with Crippen LogP contribution in [0.3, 0.4) is 0 Å². The van der Waals surface area contributed by atoms with Crippen LogP contribution in [-0.4, -0.2) is 48.8 Å². The van der Waals surface area contributed by atoms with Gasteiger partial charge in [0.05, 0.1) is 0 Å². The summed E-state index contributed by atoms with van der Waals surface area (Å²) < 4.78 is 5.08. The molecule has 0 aliphatic heterocycles. The predicted molar refractivity (Wildman–Crippen MR) is 88.1 cm³/mol. The van der Waals surface area contributed by atoms with Gasteiger partial charge in [0.25, 0.3) is 0 Å². The van der Waals surface area contributed by atoms with Crippen LogP contribution in [0.15, 0.2) is 30.3 Å². The number of aliphatic carboxylic acids is 1. The number of alkyl carbamates (subject to hydrolysis) is 1. The van der Waals surface area contributed by atoms with Crippen LogP contribution in [0.4, 0.5) is 4.79 Å². The van der Waals surface area contributed by atoms with Crippen molar-refractivity contribution < 1.29 is 19.4 Å². The summed E-state index contributed by atoms with van der Waals surface area (Å²) in [5.74, 6) is -1.06. The molecule has 128 valence electrons. The van der Waals surface area contributed by atoms with Gasteiger partial charge in [-0.3, -0.25) is 0 Å². The van der Waals surface area contributed by atoms with Crippen LogP contribution in [0.25, 0.3) is 0 Å². The molecule has 1 atom stereocenters. The van der Waals surface area contributed by atoms with Crippen molar-refractivity contribution in [2.75, 3.05) is 20.6 Å². The third kappa shape index (κ3) is 7.65. The Bertz CT molecular complexity index is 515. The molecule has 0 aliphatic carbocycles. The average molecular weight is 322 g/mol. The van der Waals surface area contributed by atoms with Crippen LogP contribution in [0.5, 0.6) is 0 Å². The summed E-state index contributed by atoms with van der Waals surface area (Å²) >= 11 is 0. The molecule has 23 heavy (non-hydrogen) atoms. The maximum Gasteiger partial charge on any atom is 0.408 e. The number of amides is 1. The van der Waals surface area contributed by atoms with E-state index in [0.717, 1.165) is 12.1 Å². The zero-order valence-electron chi connectivity index (χ0n) is 14.2. The van der Waals surface area contributed by atoms with Gasteiger partial charge in [0.2, 0.25) is 0 Å². The maximum atomic E-state index is 11.8. The Kier molecular flexibility index (Phi) is 7.03. The summed E-state index contributed by atoms with van der Waals surface area (Å²) in [4.78, 5) is 25.2. The van der Waals surface area contributed by atoms with Gasteiger partial charge in [0.15, 0.2) is 0 Å². The van der Waals surface area contributed by atoms with Crippen molar-refractivity contribution in [3.63, 3.8) is 0 Å². The van der Waals surface area contributed by atoms with Crippen LogP contribution in [0.2, 0.25) is 0 Å². The quantitative estimate of drug-likeness (QED) is 0.768. The normalized spacial score (nSPS) is 12.7. The third-order valence-electron chi connectivity index (χ3n) is 3.30. The number of nitrogens with zero attached hydrogens (tertiary/aromatic N) is 1. The number of rotatable bonds is 8. The third-order valence-corrected chi connectivity index (χ3v) is 3.30. The number of carbonyl (C=O) groups is 2. The Morgan fingerprint density at radius 3 is 2.39 bits per heavy atom. The van der Waals surface area contributed by atoms with E-state index in [9.17, 15) is 14.7 Å². The minimum Gasteiger partial charge on any atom is -0.480 e. The molecule has 0 saturated carbocycles. The highest BCUT2D eigenvalue weighted by Crippen LogP contribution is 2.23. The number of nitrogens with one attached hydrogen (secondary N) is 1. The standard InChI is InChI=1S/C17H26N2O4/c1-17(2,12-19(3)4)10-14(15(20)21)18-16(22)23-11-13-8-6-5-7-9-13/h5-9,14H,10-12H2,1-4H3,(H,18,22)(H,20,21)/t14-/m0/s1. The number of benzene rings is 1. The molecule has 0 spiro atoms. The van der Waals surface area contributed by atoms with Gasteiger partial charge in [0, 0.05) is 6.54 Å². The second-order valence-corrected chi connectivity index (χ2v) is 6.70. The van der Waals surface area contributed by atoms with Crippen molar-refractivity contribution >= 4 is 12.1 Å². The van der Waals surface area contributed by atoms with Crippen molar-refractivity contribution in [1.82, 2.24) is 10.2 Å². The molecule has 6 heteroatoms. The first-order valence-corrected chi connectivity index (χ1v) is 7.54. The smallest absolute Gasteiger partial charge is 0.408 e. The SMILES string of the molecule is CN(C)CC(C)(C)C[C@H](NC(=O)OCc1ccccc1)C(=O)O. The fraction of sp³-hybridized carbons (Fsp3) is 0.529. The molecule has 0 heterocycles. The molecular formula is C17H26N2O4. The molecule has 2 N–H and O–H groups in total. The highest BCUT2D eigenvalue weighted by Gasteiger charge is 2.30. The molecular weight excluding hydrogens is 296 g/mol. The Morgan fingerprint density at radius 1 is 1.26 bits per heavy atom. The predicted octanol–water partition coefficient (Wildman–Crippen LogP) is 2.34. The first-order chi connectivity index (χ1) is 10.7. The van der Waals surface area contributed by atoms with E-state index in [1.165, 1.54) is 0 Å². The van der Waals surface area contributed by atoms with Gasteiger partial charge in [-0.15, -0.1) is 0 Å². The zero-order chi connectivity index (χ0) is 17.5. The molecule has 1 rings (SSSR count). The lowest BCUT2D eigenvalue weighted by molar-refractivity contribution is -0.140. The van der Waals surface area contributed by atoms with Gasteiger partial charge in [-0.2, -0.15) is 0 Å². The summed E-state index contributed by atoms with van der Waals surface area (Å²) in [5, 5.41) is 11.8. The second-order valence-electron chi connectivity index (χ2n) is 6.70. The molecule has 1 amide bonds. The number of ether oxygens (including phenoxy) is 1. The number of hydrogen-bond donors (Lipinski definition) is 2. The average Bonchev–Trinajstić information content (AvgIpc) is 2.43. The molecule has 0 radical (unpaired) electrons. The van der Waals surface area contributed by atoms with E-state index >= 15 is 0 Å². The minimum atomic E-state index is -1.06. The van der Waals surface area contributed by atoms with Crippen LogP contribution in [-0.2, 0) is 16.1 Å². The molecule has 0 unspecified atom stereocenters. The lowest BCUT2D eigenvalue weighted by Gasteiger charge is -2.30. The first-order valence-electron chi connectivity index (χ1n) is 7.54. The second kappa shape index (κ2) is 8.53. The van der Waals surface area contributed by atoms with Crippen molar-refractivity contribution in [2.45, 2.75) is 32.9 Å². The number of carboxylic acid groups (broad SMARTS) is 1. The van der Waals surface area contributed by atoms with Crippen LogP contribution in [0.1, 0.15) is 25.8 Å². The lowest BCUT2D eigenvalue weighted by atomic mass is 9.85. The molecule has 0 fully saturated rings. The van der Waals surface area contributed by atoms with Crippen LogP contribution in [0, 0.1) is 5.41 Å². The largest absolute Gasteiger partial charge is 0.480 e. The molecule has 0 aliphatic rings. The van der Waals surface area contributed by atoms with Crippen molar-refractivity contribution in [2.24, 2.45) is 5.41 Å². The van der Waals surface area contributed by atoms with Gasteiger partial charge in [-0.25, -0.2) is 9.59 Å². The summed E-state index contributed by atoms with van der Waals surface area (Å²) in [6, 6.07) is 8.26. The highest BCUT2D eigenvalue weighted by atomic mass is 16.5. The first kappa shape index (κ1) is 19.0. The summed E-state index contributed by atoms with van der Waals surface area (Å²) in [7, 11) is 3.86. The lowest BCUT2D eigenvalue weighted by Crippen LogP contribution is -2.45. The Labute approximate surface area is 137 Å². The maximum absolute atomic E-state index is 11.8. The van der Waals surface area contributed by atoms with E-state index in [4.69, 9.17) is 4.74 Å². The summed E-state index contributed by atoms with van der Waals surface area (Å²) in [5.41, 5.74) is 0.599. The van der Waals surface area contributed by atoms with E-state index in [0.29, 0.717) is 6.42 Å². The fourth-order valence-electron chi connectivity index (χ4n) is 2.58. The van der Waals surface area contributed by atoms with Crippen molar-refractivity contribution in [3.8, 4) is 0 Å². The number of hydrogen-bond acceptors (Lipinski definition) is 4. The highest BCUT2D eigenvalue weighted by molar-refractivity contribution is 5.79. The van der Waals surface area contributed by atoms with Gasteiger partial charge in [-0.1, -0.05) is 44.2 Å². The van der Waals surface area contributed by atoms with Gasteiger partial charge in [-0.05, 0) is 31.5 Å². The Hall–Kier alpha value is -2.08. The van der Waals surface area contributed by atoms with Gasteiger partial charge in [0.1, 0.15) is 12.6 Å². The van der Waals surface area contributed by atoms with E-state index in [1.807, 2.05) is 63.2 Å². The number of carboxylic acids is 1. The Morgan fingerprint density at radius 2 is 1.87 bits per heavy atom. The van der Waals surface area contributed by atoms with E-state index in [2.05, 4.69) is 5.32 Å². The van der Waals surface area contributed by atoms with E-state index in [-0.39, 0.29) is 12.0 Å². The molecule has 1 aromatic rings. The molecule has 0 aromatic heterocycles. The molecule has 0 bridgehead atoms. The van der Waals surface area contributed by atoms with Crippen molar-refractivity contribution in [1.29, 1.82) is 0 Å². The number of carbonyl (C=O) groups excluding carboxylic acids is 1. The summed E-state index contributed by atoms with van der Waals surface area (Å²) in [6.45, 7) is 4.78. The van der Waals surface area contributed by atoms with E-state index in [1.54, 1.807) is 0 Å². The fourth-order valence-corrected chi connectivity index (χ4v) is 2.58. The monoisotopic (exact) mass is 322 g/mol. The van der Waals surface area contributed by atoms with Gasteiger partial charge < -0.3 is 20.1 Å². The molecule has 0 saturated heterocycles. The van der Waals surface area contributed by atoms with Gasteiger partial charge >= 0.3 is 12.1 Å². The molecule has 1 aromatic carbocycles. The van der Waals surface area contributed by atoms with Crippen molar-refractivity contribution in [3.05, 3.63) is 35.9 Å². The minimum absolute atomic E-state index is 0.111. The topological polar surface area (TPSA) is 78.9 Å². The van der Waals surface area contributed by atoms with E-state index < -0.39 is 18.1 Å². The zero-order valence-corrected chi connectivity index (χ0v) is 14.2.